The molecule has 0 saturated heterocycles. The van der Waals surface area contributed by atoms with Gasteiger partial charge in [-0.1, -0.05) is 54.6 Å². The fourth-order valence-corrected chi connectivity index (χ4v) is 2.68. The van der Waals surface area contributed by atoms with Gasteiger partial charge in [0.1, 0.15) is 17.2 Å². The van der Waals surface area contributed by atoms with E-state index in [-0.39, 0.29) is 0 Å². The van der Waals surface area contributed by atoms with Gasteiger partial charge in [-0.15, -0.1) is 0 Å². The summed E-state index contributed by atoms with van der Waals surface area (Å²) in [6.45, 7) is 0.421. The molecule has 3 rings (SSSR count). The molecule has 0 saturated carbocycles. The molecule has 1 amide bonds. The third kappa shape index (κ3) is 6.14. The number of hydrogen-bond donors (Lipinski definition) is 1. The first-order valence-corrected chi connectivity index (χ1v) is 9.17. The number of ether oxygens (including phenoxy) is 3. The van der Waals surface area contributed by atoms with Crippen molar-refractivity contribution in [3.05, 3.63) is 89.5 Å². The molecule has 0 atom stereocenters. The first-order chi connectivity index (χ1) is 14.2. The lowest BCUT2D eigenvalue weighted by atomic mass is 10.1. The third-order valence-corrected chi connectivity index (χ3v) is 4.21. The van der Waals surface area contributed by atoms with Crippen LogP contribution in [-0.2, 0) is 6.54 Å². The van der Waals surface area contributed by atoms with E-state index in [1.807, 2.05) is 72.8 Å². The number of carbonyl (C=O) groups excluding carboxylic acids is 1. The zero-order valence-electron chi connectivity index (χ0n) is 16.4. The van der Waals surface area contributed by atoms with Gasteiger partial charge in [-0.2, -0.15) is 0 Å². The van der Waals surface area contributed by atoms with Gasteiger partial charge in [-0.3, -0.25) is 0 Å². The van der Waals surface area contributed by atoms with Crippen molar-refractivity contribution in [1.82, 2.24) is 5.32 Å². The van der Waals surface area contributed by atoms with Gasteiger partial charge in [0.25, 0.3) is 0 Å². The van der Waals surface area contributed by atoms with Crippen LogP contribution in [0, 0.1) is 0 Å². The number of carbonyl (C=O) groups is 1. The molecule has 0 spiro atoms. The summed E-state index contributed by atoms with van der Waals surface area (Å²) in [6.07, 6.45) is 3.45. The minimum Gasteiger partial charge on any atom is -0.497 e. The predicted molar refractivity (Wildman–Crippen MR) is 114 cm³/mol. The van der Waals surface area contributed by atoms with Gasteiger partial charge in [0.15, 0.2) is 0 Å². The van der Waals surface area contributed by atoms with E-state index in [0.717, 1.165) is 28.2 Å². The highest BCUT2D eigenvalue weighted by Gasteiger charge is 2.04. The summed E-state index contributed by atoms with van der Waals surface area (Å²) in [5.41, 5.74) is 2.95. The number of hydrogen-bond acceptors (Lipinski definition) is 4. The fourth-order valence-electron chi connectivity index (χ4n) is 2.68. The maximum atomic E-state index is 11.9. The molecule has 29 heavy (non-hydrogen) atoms. The number of benzene rings is 3. The van der Waals surface area contributed by atoms with Gasteiger partial charge < -0.3 is 19.5 Å². The topological polar surface area (TPSA) is 56.8 Å². The zero-order valence-corrected chi connectivity index (χ0v) is 16.4. The Balaban J connectivity index is 1.57. The summed E-state index contributed by atoms with van der Waals surface area (Å²) in [7, 11) is 3.24. The highest BCUT2D eigenvalue weighted by molar-refractivity contribution is 5.72. The minimum absolute atomic E-state index is 0.421. The molecule has 1 N–H and O–H groups in total. The van der Waals surface area contributed by atoms with E-state index in [4.69, 9.17) is 14.2 Å². The molecule has 0 fully saturated rings. The molecule has 0 aliphatic heterocycles. The maximum Gasteiger partial charge on any atom is 0.412 e. The largest absolute Gasteiger partial charge is 0.497 e. The van der Waals surface area contributed by atoms with Crippen molar-refractivity contribution in [1.29, 1.82) is 0 Å². The van der Waals surface area contributed by atoms with Crippen molar-refractivity contribution in [3.8, 4) is 17.2 Å². The van der Waals surface area contributed by atoms with E-state index in [1.165, 1.54) is 0 Å². The monoisotopic (exact) mass is 389 g/mol. The van der Waals surface area contributed by atoms with Gasteiger partial charge >= 0.3 is 6.09 Å². The maximum absolute atomic E-state index is 11.9. The number of rotatable bonds is 7. The molecule has 5 heteroatoms. The van der Waals surface area contributed by atoms with E-state index >= 15 is 0 Å². The van der Waals surface area contributed by atoms with E-state index in [2.05, 4.69) is 5.32 Å². The summed E-state index contributed by atoms with van der Waals surface area (Å²) >= 11 is 0. The zero-order chi connectivity index (χ0) is 20.5. The molecule has 0 aliphatic rings. The van der Waals surface area contributed by atoms with Gasteiger partial charge in [0, 0.05) is 12.6 Å². The first-order valence-electron chi connectivity index (χ1n) is 9.17. The molecule has 3 aromatic rings. The second-order valence-corrected chi connectivity index (χ2v) is 6.28. The molecule has 0 unspecified atom stereocenters. The standard InChI is InChI=1S/C24H23NO4/c1-27-22-14-20(15-23(16-22)28-2)9-8-18-10-12-21(13-11-18)29-24(26)25-17-19-6-4-3-5-7-19/h3-16H,17H2,1-2H3,(H,25,26). The Morgan fingerprint density at radius 2 is 1.41 bits per heavy atom. The van der Waals surface area contributed by atoms with Crippen LogP contribution in [0.5, 0.6) is 17.2 Å². The van der Waals surface area contributed by atoms with Crippen molar-refractivity contribution >= 4 is 18.2 Å². The Morgan fingerprint density at radius 1 is 0.793 bits per heavy atom. The number of amides is 1. The van der Waals surface area contributed by atoms with Crippen molar-refractivity contribution in [3.63, 3.8) is 0 Å². The fraction of sp³-hybridized carbons (Fsp3) is 0.125. The Bertz CT molecular complexity index is 944. The molecular formula is C24H23NO4. The smallest absolute Gasteiger partial charge is 0.412 e. The highest BCUT2D eigenvalue weighted by atomic mass is 16.6. The van der Waals surface area contributed by atoms with Gasteiger partial charge in [-0.05, 0) is 41.0 Å². The molecule has 0 bridgehead atoms. The normalized spacial score (nSPS) is 10.6. The van der Waals surface area contributed by atoms with Crippen LogP contribution in [0.4, 0.5) is 4.79 Å². The first kappa shape index (κ1) is 20.0. The summed E-state index contributed by atoms with van der Waals surface area (Å²) in [4.78, 5) is 11.9. The van der Waals surface area contributed by atoms with Crippen molar-refractivity contribution < 1.29 is 19.0 Å². The van der Waals surface area contributed by atoms with Crippen LogP contribution in [0.1, 0.15) is 16.7 Å². The molecular weight excluding hydrogens is 366 g/mol. The molecule has 0 aromatic heterocycles. The van der Waals surface area contributed by atoms with Crippen LogP contribution in [0.25, 0.3) is 12.2 Å². The van der Waals surface area contributed by atoms with Crippen LogP contribution < -0.4 is 19.5 Å². The van der Waals surface area contributed by atoms with Crippen LogP contribution in [0.2, 0.25) is 0 Å². The van der Waals surface area contributed by atoms with Crippen LogP contribution in [-0.4, -0.2) is 20.3 Å². The lowest BCUT2D eigenvalue weighted by Crippen LogP contribution is -2.26. The summed E-state index contributed by atoms with van der Waals surface area (Å²) in [5.74, 6) is 1.94. The molecule has 148 valence electrons. The number of nitrogens with one attached hydrogen (secondary N) is 1. The molecule has 0 heterocycles. The Hall–Kier alpha value is -3.73. The van der Waals surface area contributed by atoms with E-state index < -0.39 is 6.09 Å². The summed E-state index contributed by atoms with van der Waals surface area (Å²) in [5, 5.41) is 2.73. The van der Waals surface area contributed by atoms with E-state index in [0.29, 0.717) is 12.3 Å². The highest BCUT2D eigenvalue weighted by Crippen LogP contribution is 2.24. The summed E-state index contributed by atoms with van der Waals surface area (Å²) in [6, 6.07) is 22.6. The second kappa shape index (κ2) is 9.99. The van der Waals surface area contributed by atoms with Gasteiger partial charge in [0.2, 0.25) is 0 Å². The van der Waals surface area contributed by atoms with Crippen molar-refractivity contribution in [2.45, 2.75) is 6.54 Å². The van der Waals surface area contributed by atoms with Gasteiger partial charge in [-0.25, -0.2) is 4.79 Å². The van der Waals surface area contributed by atoms with Crippen LogP contribution in [0.15, 0.2) is 72.8 Å². The second-order valence-electron chi connectivity index (χ2n) is 6.28. The molecule has 5 nitrogen and oxygen atoms in total. The Kier molecular flexibility index (Phi) is 6.90. The van der Waals surface area contributed by atoms with Crippen molar-refractivity contribution in [2.24, 2.45) is 0 Å². The minimum atomic E-state index is -0.486. The average molecular weight is 389 g/mol. The van der Waals surface area contributed by atoms with Crippen LogP contribution >= 0.6 is 0 Å². The lowest BCUT2D eigenvalue weighted by Gasteiger charge is -2.07. The predicted octanol–water partition coefficient (Wildman–Crippen LogP) is 5.16. The van der Waals surface area contributed by atoms with Crippen LogP contribution in [0.3, 0.4) is 0 Å². The lowest BCUT2D eigenvalue weighted by molar-refractivity contribution is 0.200. The molecule has 0 aliphatic carbocycles. The Labute approximate surface area is 170 Å². The number of methoxy groups -OCH3 is 2. The average Bonchev–Trinajstić information content (AvgIpc) is 2.77. The summed E-state index contributed by atoms with van der Waals surface area (Å²) < 4.78 is 15.9. The van der Waals surface area contributed by atoms with Crippen molar-refractivity contribution in [2.75, 3.05) is 14.2 Å². The molecule has 3 aromatic carbocycles. The van der Waals surface area contributed by atoms with E-state index in [1.54, 1.807) is 26.4 Å². The SMILES string of the molecule is COc1cc(C=Cc2ccc(OC(=O)NCc3ccccc3)cc2)cc(OC)c1. The van der Waals surface area contributed by atoms with Gasteiger partial charge in [0.05, 0.1) is 14.2 Å². The quantitative estimate of drug-likeness (QED) is 0.567. The van der Waals surface area contributed by atoms with E-state index in [9.17, 15) is 4.79 Å². The third-order valence-electron chi connectivity index (χ3n) is 4.21. The molecule has 0 radical (unpaired) electrons. The Morgan fingerprint density at radius 3 is 2.03 bits per heavy atom.